The molecule has 0 aromatic heterocycles. The van der Waals surface area contributed by atoms with Crippen LogP contribution in [-0.4, -0.2) is 18.2 Å². The van der Waals surface area contributed by atoms with Crippen molar-refractivity contribution in [3.63, 3.8) is 0 Å². The number of ether oxygens (including phenoxy) is 2. The average Bonchev–Trinajstić information content (AvgIpc) is 2.32. The summed E-state index contributed by atoms with van der Waals surface area (Å²) in [6, 6.07) is 3.10. The first-order valence-corrected chi connectivity index (χ1v) is 7.26. The third-order valence-corrected chi connectivity index (χ3v) is 2.90. The van der Waals surface area contributed by atoms with E-state index in [1.165, 1.54) is 6.07 Å². The normalized spacial score (nSPS) is 12.1. The Morgan fingerprint density at radius 3 is 2.33 bits per heavy atom. The van der Waals surface area contributed by atoms with Gasteiger partial charge >= 0.3 is 12.1 Å². The smallest absolute Gasteiger partial charge is 0.416 e. The van der Waals surface area contributed by atoms with Crippen LogP contribution in [0.2, 0.25) is 0 Å². The summed E-state index contributed by atoms with van der Waals surface area (Å²) in [6.07, 6.45) is -4.42. The molecule has 1 aromatic rings. The number of alkyl halides is 4. The Morgan fingerprint density at radius 2 is 1.86 bits per heavy atom. The monoisotopic (exact) mass is 368 g/mol. The summed E-state index contributed by atoms with van der Waals surface area (Å²) in [6.45, 7) is 4.79. The second-order valence-corrected chi connectivity index (χ2v) is 5.89. The highest BCUT2D eigenvalue weighted by atomic mass is 79.9. The fraction of sp³-hybridized carbons (Fsp3) is 0.500. The van der Waals surface area contributed by atoms with Gasteiger partial charge < -0.3 is 9.47 Å². The fourth-order valence-corrected chi connectivity index (χ4v) is 1.95. The molecule has 0 unspecified atom stereocenters. The van der Waals surface area contributed by atoms with E-state index in [2.05, 4.69) is 15.9 Å². The molecule has 0 bridgehead atoms. The third-order valence-electron chi connectivity index (χ3n) is 2.30. The molecule has 1 aromatic carbocycles. The van der Waals surface area contributed by atoms with Crippen LogP contribution < -0.4 is 4.74 Å². The van der Waals surface area contributed by atoms with Crippen LogP contribution in [0.15, 0.2) is 18.2 Å². The molecule has 0 aliphatic carbocycles. The van der Waals surface area contributed by atoms with Gasteiger partial charge in [0.25, 0.3) is 0 Å². The van der Waals surface area contributed by atoms with E-state index >= 15 is 0 Å². The second-order valence-electron chi connectivity index (χ2n) is 5.33. The van der Waals surface area contributed by atoms with Crippen LogP contribution in [0.25, 0.3) is 0 Å². The predicted octanol–water partition coefficient (Wildman–Crippen LogP) is 4.32. The Balaban J connectivity index is 2.78. The Hall–Kier alpha value is -1.24. The molecule has 0 radical (unpaired) electrons. The van der Waals surface area contributed by atoms with E-state index in [1.54, 1.807) is 20.8 Å². The van der Waals surface area contributed by atoms with Gasteiger partial charge in [-0.05, 0) is 39.0 Å². The van der Waals surface area contributed by atoms with Crippen LogP contribution in [-0.2, 0) is 21.0 Å². The zero-order valence-electron chi connectivity index (χ0n) is 11.9. The number of hydrogen-bond acceptors (Lipinski definition) is 3. The van der Waals surface area contributed by atoms with Gasteiger partial charge in [0.2, 0.25) is 0 Å². The van der Waals surface area contributed by atoms with Crippen LogP contribution >= 0.6 is 15.9 Å². The number of hydrogen-bond donors (Lipinski definition) is 0. The van der Waals surface area contributed by atoms with Gasteiger partial charge in [0.15, 0.2) is 6.61 Å². The molecule has 0 fully saturated rings. The van der Waals surface area contributed by atoms with E-state index in [1.807, 2.05) is 0 Å². The first kappa shape index (κ1) is 17.8. The van der Waals surface area contributed by atoms with Gasteiger partial charge in [-0.2, -0.15) is 13.2 Å². The lowest BCUT2D eigenvalue weighted by atomic mass is 10.1. The highest BCUT2D eigenvalue weighted by Crippen LogP contribution is 2.33. The maximum atomic E-state index is 12.6. The number of benzene rings is 1. The van der Waals surface area contributed by atoms with Gasteiger partial charge in [0.1, 0.15) is 11.4 Å². The Labute approximate surface area is 129 Å². The van der Waals surface area contributed by atoms with Crippen molar-refractivity contribution in [3.05, 3.63) is 29.3 Å². The summed E-state index contributed by atoms with van der Waals surface area (Å²) in [7, 11) is 0. The Bertz CT molecular complexity index is 507. The number of rotatable bonds is 4. The minimum atomic E-state index is -4.42. The third kappa shape index (κ3) is 5.95. The molecule has 0 heterocycles. The van der Waals surface area contributed by atoms with Crippen molar-refractivity contribution in [2.24, 2.45) is 0 Å². The topological polar surface area (TPSA) is 35.5 Å². The molecular formula is C14H16BrF3O3. The summed E-state index contributed by atoms with van der Waals surface area (Å²) < 4.78 is 48.1. The number of halogens is 4. The second kappa shape index (κ2) is 6.68. The lowest BCUT2D eigenvalue weighted by molar-refractivity contribution is -0.157. The molecule has 3 nitrogen and oxygen atoms in total. The maximum absolute atomic E-state index is 12.6. The van der Waals surface area contributed by atoms with E-state index in [9.17, 15) is 18.0 Å². The Morgan fingerprint density at radius 1 is 1.24 bits per heavy atom. The summed E-state index contributed by atoms with van der Waals surface area (Å²) in [4.78, 5) is 11.5. The van der Waals surface area contributed by atoms with Crippen LogP contribution in [0.3, 0.4) is 0 Å². The van der Waals surface area contributed by atoms with Gasteiger partial charge in [-0.3, -0.25) is 0 Å². The molecule has 0 aliphatic heterocycles. The standard InChI is InChI=1S/C14H16BrF3O3/c1-13(2,3)21-12(19)8-20-11-5-4-10(14(16,17)18)6-9(11)7-15/h4-6H,7-8H2,1-3H3. The van der Waals surface area contributed by atoms with Gasteiger partial charge in [-0.25, -0.2) is 4.79 Å². The predicted molar refractivity (Wildman–Crippen MR) is 75.4 cm³/mol. The average molecular weight is 369 g/mol. The molecule has 0 amide bonds. The highest BCUT2D eigenvalue weighted by Gasteiger charge is 2.31. The molecule has 7 heteroatoms. The van der Waals surface area contributed by atoms with E-state index in [0.29, 0.717) is 5.56 Å². The summed E-state index contributed by atoms with van der Waals surface area (Å²) in [5, 5.41) is 0.181. The largest absolute Gasteiger partial charge is 0.482 e. The van der Waals surface area contributed by atoms with Crippen molar-refractivity contribution in [2.45, 2.75) is 37.9 Å². The highest BCUT2D eigenvalue weighted by molar-refractivity contribution is 9.08. The van der Waals surface area contributed by atoms with Crippen molar-refractivity contribution >= 4 is 21.9 Å². The van der Waals surface area contributed by atoms with Crippen molar-refractivity contribution in [2.75, 3.05) is 6.61 Å². The molecule has 0 spiro atoms. The van der Waals surface area contributed by atoms with Crippen molar-refractivity contribution in [1.82, 2.24) is 0 Å². The van der Waals surface area contributed by atoms with Gasteiger partial charge in [0.05, 0.1) is 5.56 Å². The summed E-state index contributed by atoms with van der Waals surface area (Å²) >= 11 is 3.10. The number of carbonyl (C=O) groups excluding carboxylic acids is 1. The lowest BCUT2D eigenvalue weighted by Gasteiger charge is -2.20. The van der Waals surface area contributed by atoms with Crippen LogP contribution in [0, 0.1) is 0 Å². The molecule has 0 aliphatic rings. The molecular weight excluding hydrogens is 353 g/mol. The minimum Gasteiger partial charge on any atom is -0.482 e. The quantitative estimate of drug-likeness (QED) is 0.586. The van der Waals surface area contributed by atoms with Gasteiger partial charge in [-0.15, -0.1) is 0 Å². The molecule has 0 atom stereocenters. The number of esters is 1. The zero-order valence-corrected chi connectivity index (χ0v) is 13.5. The van der Waals surface area contributed by atoms with Gasteiger partial charge in [-0.1, -0.05) is 15.9 Å². The van der Waals surface area contributed by atoms with Crippen LogP contribution in [0.4, 0.5) is 13.2 Å². The minimum absolute atomic E-state index is 0.181. The maximum Gasteiger partial charge on any atom is 0.416 e. The fourth-order valence-electron chi connectivity index (χ4n) is 1.51. The van der Waals surface area contributed by atoms with E-state index < -0.39 is 23.3 Å². The molecule has 0 N–H and O–H groups in total. The zero-order chi connectivity index (χ0) is 16.3. The first-order valence-electron chi connectivity index (χ1n) is 6.13. The van der Waals surface area contributed by atoms with E-state index in [4.69, 9.17) is 9.47 Å². The lowest BCUT2D eigenvalue weighted by Crippen LogP contribution is -2.27. The molecule has 0 saturated carbocycles. The van der Waals surface area contributed by atoms with Gasteiger partial charge in [0, 0.05) is 10.9 Å². The molecule has 21 heavy (non-hydrogen) atoms. The number of carbonyl (C=O) groups is 1. The van der Waals surface area contributed by atoms with E-state index in [-0.39, 0.29) is 17.7 Å². The van der Waals surface area contributed by atoms with Crippen LogP contribution in [0.1, 0.15) is 31.9 Å². The first-order chi connectivity index (χ1) is 9.53. The van der Waals surface area contributed by atoms with Crippen LogP contribution in [0.5, 0.6) is 5.75 Å². The summed E-state index contributed by atoms with van der Waals surface area (Å²) in [5.74, 6) is -0.367. The molecule has 118 valence electrons. The van der Waals surface area contributed by atoms with Crippen molar-refractivity contribution in [3.8, 4) is 5.75 Å². The van der Waals surface area contributed by atoms with Crippen molar-refractivity contribution in [1.29, 1.82) is 0 Å². The molecule has 0 saturated heterocycles. The Kier molecular flexibility index (Phi) is 5.67. The van der Waals surface area contributed by atoms with Crippen molar-refractivity contribution < 1.29 is 27.4 Å². The molecule has 1 rings (SSSR count). The SMILES string of the molecule is CC(C)(C)OC(=O)COc1ccc(C(F)(F)F)cc1CBr. The van der Waals surface area contributed by atoms with E-state index in [0.717, 1.165) is 12.1 Å². The summed E-state index contributed by atoms with van der Waals surface area (Å²) in [5.41, 5.74) is -1.09.